The fourth-order valence-corrected chi connectivity index (χ4v) is 3.00. The number of carbonyl (C=O) groups excluding carboxylic acids is 2. The first kappa shape index (κ1) is 26.6. The van der Waals surface area contributed by atoms with Crippen LogP contribution in [0.1, 0.15) is 97.3 Å². The fourth-order valence-electron chi connectivity index (χ4n) is 3.00. The Morgan fingerprint density at radius 3 is 2.32 bits per heavy atom. The molecule has 0 fully saturated rings. The molecule has 5 heteroatoms. The second kappa shape index (κ2) is 20.4. The quantitative estimate of drug-likeness (QED) is 0.157. The molecule has 0 aliphatic carbocycles. The van der Waals surface area contributed by atoms with Crippen LogP contribution in [0.2, 0.25) is 0 Å². The van der Waals surface area contributed by atoms with E-state index in [4.69, 9.17) is 14.2 Å². The molecule has 0 spiro atoms. The highest BCUT2D eigenvalue weighted by atomic mass is 16.6. The van der Waals surface area contributed by atoms with Crippen molar-refractivity contribution >= 4 is 11.9 Å². The summed E-state index contributed by atoms with van der Waals surface area (Å²) in [5, 5.41) is 0. The molecule has 0 N–H and O–H groups in total. The number of esters is 2. The number of methoxy groups -OCH3 is 1. The van der Waals surface area contributed by atoms with E-state index in [-0.39, 0.29) is 18.0 Å². The van der Waals surface area contributed by atoms with Gasteiger partial charge in [-0.3, -0.25) is 9.59 Å². The lowest BCUT2D eigenvalue weighted by Gasteiger charge is -2.15. The van der Waals surface area contributed by atoms with Crippen LogP contribution >= 0.6 is 0 Å². The molecule has 0 rings (SSSR count). The molecular formula is C23H42O5. The van der Waals surface area contributed by atoms with Gasteiger partial charge in [-0.15, -0.1) is 0 Å². The van der Waals surface area contributed by atoms with E-state index < -0.39 is 0 Å². The highest BCUT2D eigenvalue weighted by Gasteiger charge is 2.10. The number of hydrogen-bond donors (Lipinski definition) is 0. The third-order valence-electron chi connectivity index (χ3n) is 4.58. The summed E-state index contributed by atoms with van der Waals surface area (Å²) in [6.45, 7) is 4.45. The van der Waals surface area contributed by atoms with Gasteiger partial charge in [-0.2, -0.15) is 0 Å². The van der Waals surface area contributed by atoms with Crippen molar-refractivity contribution in [2.45, 2.75) is 103 Å². The minimum absolute atomic E-state index is 0.0630. The second-order valence-electron chi connectivity index (χ2n) is 7.31. The first-order chi connectivity index (χ1) is 13.6. The molecule has 5 nitrogen and oxygen atoms in total. The minimum Gasteiger partial charge on any atom is -0.463 e. The standard InChI is InChI=1S/C23H42O5/c1-4-5-6-7-8-9-10-11-13-16-22(28-21(2)24)17-14-12-15-18-23(25)27-20-19-26-3/h11,13,22H,4-10,12,14-20H2,1-3H3/b13-11-. The highest BCUT2D eigenvalue weighted by Crippen LogP contribution is 2.14. The Hall–Kier alpha value is -1.36. The summed E-state index contributed by atoms with van der Waals surface area (Å²) in [6, 6.07) is 0. The Morgan fingerprint density at radius 1 is 0.893 bits per heavy atom. The molecule has 0 radical (unpaired) electrons. The summed E-state index contributed by atoms with van der Waals surface area (Å²) in [6.07, 6.45) is 17.9. The van der Waals surface area contributed by atoms with Gasteiger partial charge < -0.3 is 14.2 Å². The van der Waals surface area contributed by atoms with Crippen molar-refractivity contribution in [3.05, 3.63) is 12.2 Å². The van der Waals surface area contributed by atoms with Crippen molar-refractivity contribution in [3.63, 3.8) is 0 Å². The van der Waals surface area contributed by atoms with Gasteiger partial charge in [0, 0.05) is 26.9 Å². The lowest BCUT2D eigenvalue weighted by Crippen LogP contribution is -2.15. The first-order valence-electron chi connectivity index (χ1n) is 11.1. The van der Waals surface area contributed by atoms with Gasteiger partial charge in [0.05, 0.1) is 6.61 Å². The van der Waals surface area contributed by atoms with Crippen LogP contribution in [-0.4, -0.2) is 38.4 Å². The molecule has 164 valence electrons. The Morgan fingerprint density at radius 2 is 1.61 bits per heavy atom. The number of unbranched alkanes of at least 4 members (excludes halogenated alkanes) is 8. The smallest absolute Gasteiger partial charge is 0.305 e. The van der Waals surface area contributed by atoms with Crippen LogP contribution in [0.15, 0.2) is 12.2 Å². The Kier molecular flexibility index (Phi) is 19.4. The molecule has 0 aliphatic rings. The molecule has 0 bridgehead atoms. The van der Waals surface area contributed by atoms with E-state index in [1.165, 1.54) is 45.4 Å². The third-order valence-corrected chi connectivity index (χ3v) is 4.58. The normalized spacial score (nSPS) is 12.2. The predicted molar refractivity (Wildman–Crippen MR) is 113 cm³/mol. The molecule has 0 aromatic heterocycles. The average molecular weight is 399 g/mol. The number of hydrogen-bond acceptors (Lipinski definition) is 5. The molecule has 0 aliphatic heterocycles. The lowest BCUT2D eigenvalue weighted by molar-refractivity contribution is -0.146. The van der Waals surface area contributed by atoms with Crippen molar-refractivity contribution < 1.29 is 23.8 Å². The maximum absolute atomic E-state index is 11.5. The largest absolute Gasteiger partial charge is 0.463 e. The average Bonchev–Trinajstić information content (AvgIpc) is 2.66. The van der Waals surface area contributed by atoms with E-state index >= 15 is 0 Å². The van der Waals surface area contributed by atoms with Crippen molar-refractivity contribution in [3.8, 4) is 0 Å². The zero-order valence-corrected chi connectivity index (χ0v) is 18.4. The van der Waals surface area contributed by atoms with E-state index in [0.717, 1.165) is 38.5 Å². The van der Waals surface area contributed by atoms with Crippen molar-refractivity contribution in [1.82, 2.24) is 0 Å². The first-order valence-corrected chi connectivity index (χ1v) is 11.1. The Bertz CT molecular complexity index is 406. The van der Waals surface area contributed by atoms with E-state index in [9.17, 15) is 9.59 Å². The molecule has 28 heavy (non-hydrogen) atoms. The Balaban J connectivity index is 3.82. The van der Waals surface area contributed by atoms with Crippen molar-refractivity contribution in [2.24, 2.45) is 0 Å². The topological polar surface area (TPSA) is 61.8 Å². The van der Waals surface area contributed by atoms with Crippen LogP contribution in [0.25, 0.3) is 0 Å². The van der Waals surface area contributed by atoms with Gasteiger partial charge in [-0.05, 0) is 32.1 Å². The Labute approximate surface area is 172 Å². The zero-order chi connectivity index (χ0) is 20.9. The number of ether oxygens (including phenoxy) is 3. The maximum Gasteiger partial charge on any atom is 0.305 e. The maximum atomic E-state index is 11.5. The van der Waals surface area contributed by atoms with Gasteiger partial charge in [0.25, 0.3) is 0 Å². The molecule has 0 saturated heterocycles. The number of allylic oxidation sites excluding steroid dienone is 1. The van der Waals surface area contributed by atoms with Crippen LogP contribution in [0.4, 0.5) is 0 Å². The minimum atomic E-state index is -0.226. The summed E-state index contributed by atoms with van der Waals surface area (Å²) < 4.78 is 15.3. The van der Waals surface area contributed by atoms with Crippen LogP contribution < -0.4 is 0 Å². The molecule has 1 atom stereocenters. The second-order valence-corrected chi connectivity index (χ2v) is 7.31. The van der Waals surface area contributed by atoms with E-state index in [0.29, 0.717) is 19.6 Å². The fraction of sp³-hybridized carbons (Fsp3) is 0.826. The number of carbonyl (C=O) groups is 2. The molecule has 0 aromatic carbocycles. The van der Waals surface area contributed by atoms with Crippen LogP contribution in [0, 0.1) is 0 Å². The molecule has 0 saturated carbocycles. The molecular weight excluding hydrogens is 356 g/mol. The summed E-state index contributed by atoms with van der Waals surface area (Å²) in [7, 11) is 1.58. The van der Waals surface area contributed by atoms with E-state index in [1.807, 2.05) is 0 Å². The predicted octanol–water partition coefficient (Wildman–Crippen LogP) is 5.76. The van der Waals surface area contributed by atoms with E-state index in [2.05, 4.69) is 19.1 Å². The van der Waals surface area contributed by atoms with Crippen LogP contribution in [0.3, 0.4) is 0 Å². The monoisotopic (exact) mass is 398 g/mol. The van der Waals surface area contributed by atoms with E-state index in [1.54, 1.807) is 7.11 Å². The zero-order valence-electron chi connectivity index (χ0n) is 18.4. The summed E-state index contributed by atoms with van der Waals surface area (Å²) in [5.41, 5.74) is 0. The molecule has 0 heterocycles. The third kappa shape index (κ3) is 19.4. The van der Waals surface area contributed by atoms with Gasteiger partial charge in [0.15, 0.2) is 0 Å². The molecule has 0 amide bonds. The van der Waals surface area contributed by atoms with Gasteiger partial charge >= 0.3 is 11.9 Å². The van der Waals surface area contributed by atoms with Gasteiger partial charge in [0.1, 0.15) is 12.7 Å². The van der Waals surface area contributed by atoms with Gasteiger partial charge in [-0.25, -0.2) is 0 Å². The molecule has 1 unspecified atom stereocenters. The lowest BCUT2D eigenvalue weighted by atomic mass is 10.1. The van der Waals surface area contributed by atoms with Crippen LogP contribution in [0.5, 0.6) is 0 Å². The van der Waals surface area contributed by atoms with Crippen molar-refractivity contribution in [1.29, 1.82) is 0 Å². The SMILES string of the molecule is CCCCCCCC/C=C\CC(CCCCCC(=O)OCCOC)OC(C)=O. The highest BCUT2D eigenvalue weighted by molar-refractivity contribution is 5.69. The van der Waals surface area contributed by atoms with Gasteiger partial charge in [0.2, 0.25) is 0 Å². The van der Waals surface area contributed by atoms with Gasteiger partial charge in [-0.1, -0.05) is 57.6 Å². The summed E-state index contributed by atoms with van der Waals surface area (Å²) in [5.74, 6) is -0.401. The summed E-state index contributed by atoms with van der Waals surface area (Å²) >= 11 is 0. The summed E-state index contributed by atoms with van der Waals surface area (Å²) in [4.78, 5) is 22.8. The molecule has 0 aromatic rings. The number of rotatable bonds is 19. The van der Waals surface area contributed by atoms with Crippen LogP contribution in [-0.2, 0) is 23.8 Å². The van der Waals surface area contributed by atoms with Crippen molar-refractivity contribution in [2.75, 3.05) is 20.3 Å².